The summed E-state index contributed by atoms with van der Waals surface area (Å²) in [5.74, 6) is -0.977. The van der Waals surface area contributed by atoms with Crippen LogP contribution in [0, 0.1) is 13.8 Å². The van der Waals surface area contributed by atoms with E-state index in [0.29, 0.717) is 5.69 Å². The van der Waals surface area contributed by atoms with Crippen molar-refractivity contribution in [1.29, 1.82) is 0 Å². The van der Waals surface area contributed by atoms with Gasteiger partial charge in [0.05, 0.1) is 0 Å². The molecule has 3 aromatic rings. The molecule has 2 aromatic carbocycles. The average Bonchev–Trinajstić information content (AvgIpc) is 3.23. The number of hydrogen-bond acceptors (Lipinski definition) is 3. The molecule has 0 unspecified atom stereocenters. The monoisotopic (exact) mass is 470 g/mol. The molecule has 7 heteroatoms. The lowest BCUT2D eigenvalue weighted by atomic mass is 9.87. The fourth-order valence-electron chi connectivity index (χ4n) is 4.18. The number of amides is 4. The van der Waals surface area contributed by atoms with Gasteiger partial charge in [0.2, 0.25) is 5.91 Å². The van der Waals surface area contributed by atoms with E-state index < -0.39 is 17.8 Å². The molecular formula is C28H30N4O3. The minimum Gasteiger partial charge on any atom is -0.325 e. The molecule has 0 bridgehead atoms. The van der Waals surface area contributed by atoms with Gasteiger partial charge in [0.1, 0.15) is 12.2 Å². The minimum absolute atomic E-state index is 0.0692. The summed E-state index contributed by atoms with van der Waals surface area (Å²) in [5, 5.41) is 5.29. The lowest BCUT2D eigenvalue weighted by Gasteiger charge is -2.20. The van der Waals surface area contributed by atoms with Gasteiger partial charge in [0.25, 0.3) is 5.91 Å². The fraction of sp³-hybridized carbons (Fsp3) is 0.250. The molecular weight excluding hydrogens is 440 g/mol. The molecule has 0 radical (unpaired) electrons. The first kappa shape index (κ1) is 24.0. The van der Waals surface area contributed by atoms with Gasteiger partial charge in [-0.15, -0.1) is 0 Å². The zero-order valence-electron chi connectivity index (χ0n) is 20.7. The van der Waals surface area contributed by atoms with Crippen LogP contribution in [0.2, 0.25) is 0 Å². The largest absolute Gasteiger partial charge is 0.329 e. The Morgan fingerprint density at radius 2 is 1.66 bits per heavy atom. The Hall–Kier alpha value is -4.13. The van der Waals surface area contributed by atoms with Crippen molar-refractivity contribution in [3.05, 3.63) is 88.9 Å². The summed E-state index contributed by atoms with van der Waals surface area (Å²) in [5.41, 5.74) is 5.87. The molecule has 35 heavy (non-hydrogen) atoms. The average molecular weight is 471 g/mol. The highest BCUT2D eigenvalue weighted by molar-refractivity contribution is 6.16. The number of nitrogens with zero attached hydrogens (tertiary/aromatic N) is 2. The smallest absolute Gasteiger partial charge is 0.325 e. The number of hydrogen-bond donors (Lipinski definition) is 2. The third-order valence-corrected chi connectivity index (χ3v) is 6.08. The van der Waals surface area contributed by atoms with Gasteiger partial charge in [0.15, 0.2) is 0 Å². The number of imide groups is 1. The maximum absolute atomic E-state index is 12.9. The maximum Gasteiger partial charge on any atom is 0.329 e. The van der Waals surface area contributed by atoms with Gasteiger partial charge in [-0.2, -0.15) is 0 Å². The lowest BCUT2D eigenvalue weighted by Crippen LogP contribution is -2.38. The number of benzene rings is 2. The van der Waals surface area contributed by atoms with E-state index >= 15 is 0 Å². The van der Waals surface area contributed by atoms with Crippen LogP contribution in [-0.4, -0.2) is 33.9 Å². The Kier molecular flexibility index (Phi) is 6.35. The van der Waals surface area contributed by atoms with Crippen molar-refractivity contribution in [3.63, 3.8) is 0 Å². The molecule has 0 atom stereocenters. The van der Waals surface area contributed by atoms with Crippen molar-refractivity contribution in [2.75, 3.05) is 11.9 Å². The first-order chi connectivity index (χ1) is 16.5. The van der Waals surface area contributed by atoms with Crippen LogP contribution in [0.15, 0.2) is 66.4 Å². The molecule has 0 saturated carbocycles. The molecule has 1 aliphatic rings. The Balaban J connectivity index is 1.53. The van der Waals surface area contributed by atoms with Crippen LogP contribution in [0.1, 0.15) is 43.3 Å². The second kappa shape index (κ2) is 9.25. The molecule has 4 rings (SSSR count). The molecule has 2 heterocycles. The number of aromatic nitrogens is 1. The molecule has 7 nitrogen and oxygen atoms in total. The molecule has 1 fully saturated rings. The van der Waals surface area contributed by atoms with Crippen LogP contribution < -0.4 is 10.6 Å². The van der Waals surface area contributed by atoms with E-state index in [2.05, 4.69) is 60.2 Å². The molecule has 180 valence electrons. The van der Waals surface area contributed by atoms with Crippen LogP contribution in [0.25, 0.3) is 11.8 Å². The number of para-hydroxylation sites is 1. The van der Waals surface area contributed by atoms with E-state index in [1.807, 2.05) is 26.0 Å². The number of rotatable bonds is 5. The summed E-state index contributed by atoms with van der Waals surface area (Å²) < 4.78 is 2.12. The number of aryl methyl sites for hydroxylation is 1. The van der Waals surface area contributed by atoms with E-state index in [1.54, 1.807) is 30.3 Å². The minimum atomic E-state index is -0.615. The highest BCUT2D eigenvalue weighted by atomic mass is 16.2. The third-order valence-electron chi connectivity index (χ3n) is 6.08. The number of urea groups is 1. The summed E-state index contributed by atoms with van der Waals surface area (Å²) in [6.07, 6.45) is 1.66. The highest BCUT2D eigenvalue weighted by Gasteiger charge is 2.35. The summed E-state index contributed by atoms with van der Waals surface area (Å²) in [4.78, 5) is 38.6. The van der Waals surface area contributed by atoms with Crippen molar-refractivity contribution in [3.8, 4) is 5.69 Å². The number of carbonyl (C=O) groups is 3. The summed E-state index contributed by atoms with van der Waals surface area (Å²) in [6, 6.07) is 18.7. The van der Waals surface area contributed by atoms with Crippen LogP contribution >= 0.6 is 0 Å². The molecule has 1 saturated heterocycles. The van der Waals surface area contributed by atoms with E-state index in [4.69, 9.17) is 0 Å². The summed E-state index contributed by atoms with van der Waals surface area (Å²) in [7, 11) is 0. The molecule has 1 aliphatic heterocycles. The van der Waals surface area contributed by atoms with Crippen molar-refractivity contribution in [2.45, 2.75) is 40.0 Å². The van der Waals surface area contributed by atoms with Crippen LogP contribution in [0.5, 0.6) is 0 Å². The Morgan fingerprint density at radius 3 is 2.29 bits per heavy atom. The quantitative estimate of drug-likeness (QED) is 0.410. The normalized spacial score (nSPS) is 15.0. The summed E-state index contributed by atoms with van der Waals surface area (Å²) in [6.45, 7) is 10.2. The first-order valence-electron chi connectivity index (χ1n) is 11.5. The highest BCUT2D eigenvalue weighted by Crippen LogP contribution is 2.27. The molecule has 4 amide bonds. The molecule has 2 N–H and O–H groups in total. The number of anilines is 1. The molecule has 1 aromatic heterocycles. The van der Waals surface area contributed by atoms with Gasteiger partial charge < -0.3 is 15.2 Å². The number of nitrogens with one attached hydrogen (secondary N) is 2. The van der Waals surface area contributed by atoms with Crippen molar-refractivity contribution in [2.24, 2.45) is 0 Å². The van der Waals surface area contributed by atoms with Gasteiger partial charge in [0, 0.05) is 22.8 Å². The second-order valence-corrected chi connectivity index (χ2v) is 9.75. The van der Waals surface area contributed by atoms with E-state index in [9.17, 15) is 14.4 Å². The van der Waals surface area contributed by atoms with Gasteiger partial charge in [-0.05, 0) is 66.8 Å². The Labute approximate surface area is 205 Å². The van der Waals surface area contributed by atoms with Gasteiger partial charge in [-0.1, -0.05) is 51.1 Å². The van der Waals surface area contributed by atoms with E-state index in [0.717, 1.165) is 27.5 Å². The standard InChI is InChI=1S/C28H30N4O3/c1-18-15-20(19(2)32(18)23-13-11-21(12-14-23)28(3,4)5)16-24-26(34)31(27(35)30-24)17-25(33)29-22-9-7-6-8-10-22/h6-16H,17H2,1-5H3,(H,29,33)(H,30,35)/b24-16-. The van der Waals surface area contributed by atoms with Crippen LogP contribution in [0.3, 0.4) is 0 Å². The topological polar surface area (TPSA) is 83.4 Å². The Bertz CT molecular complexity index is 1310. The lowest BCUT2D eigenvalue weighted by molar-refractivity contribution is -0.127. The molecule has 0 aliphatic carbocycles. The van der Waals surface area contributed by atoms with Gasteiger partial charge >= 0.3 is 6.03 Å². The predicted molar refractivity (Wildman–Crippen MR) is 137 cm³/mol. The maximum atomic E-state index is 12.9. The Morgan fingerprint density at radius 1 is 1.00 bits per heavy atom. The van der Waals surface area contributed by atoms with E-state index in [1.165, 1.54) is 5.56 Å². The van der Waals surface area contributed by atoms with Gasteiger partial charge in [-0.3, -0.25) is 9.59 Å². The zero-order valence-corrected chi connectivity index (χ0v) is 20.7. The predicted octanol–water partition coefficient (Wildman–Crippen LogP) is 4.92. The summed E-state index contributed by atoms with van der Waals surface area (Å²) >= 11 is 0. The SMILES string of the molecule is Cc1cc(/C=C2\NC(=O)N(CC(=O)Nc3ccccc3)C2=O)c(C)n1-c1ccc(C(C)(C)C)cc1. The number of carbonyl (C=O) groups excluding carboxylic acids is 3. The fourth-order valence-corrected chi connectivity index (χ4v) is 4.18. The van der Waals surface area contributed by atoms with Crippen LogP contribution in [0.4, 0.5) is 10.5 Å². The third kappa shape index (κ3) is 5.04. The second-order valence-electron chi connectivity index (χ2n) is 9.75. The van der Waals surface area contributed by atoms with Crippen molar-refractivity contribution < 1.29 is 14.4 Å². The van der Waals surface area contributed by atoms with Crippen molar-refractivity contribution >= 4 is 29.6 Å². The zero-order chi connectivity index (χ0) is 25.3. The van der Waals surface area contributed by atoms with Gasteiger partial charge in [-0.25, -0.2) is 9.69 Å². The first-order valence-corrected chi connectivity index (χ1v) is 11.5. The van der Waals surface area contributed by atoms with E-state index in [-0.39, 0.29) is 17.7 Å². The van der Waals surface area contributed by atoms with Crippen LogP contribution in [-0.2, 0) is 15.0 Å². The van der Waals surface area contributed by atoms with Crippen molar-refractivity contribution in [1.82, 2.24) is 14.8 Å². The molecule has 0 spiro atoms.